The van der Waals surface area contributed by atoms with E-state index in [0.29, 0.717) is 12.0 Å². The highest BCUT2D eigenvalue weighted by Crippen LogP contribution is 2.35. The molecule has 0 amide bonds. The van der Waals surface area contributed by atoms with Gasteiger partial charge in [-0.05, 0) is 50.6 Å². The second-order valence-electron chi connectivity index (χ2n) is 6.71. The molecule has 0 radical (unpaired) electrons. The topological polar surface area (TPSA) is 38.5 Å². The van der Waals surface area contributed by atoms with Crippen molar-refractivity contribution in [3.63, 3.8) is 0 Å². The maximum absolute atomic E-state index is 6.17. The average Bonchev–Trinajstić information content (AvgIpc) is 2.39. The van der Waals surface area contributed by atoms with Crippen LogP contribution in [0.2, 0.25) is 0 Å². The first kappa shape index (κ1) is 14.3. The van der Waals surface area contributed by atoms with Crippen molar-refractivity contribution in [1.82, 2.24) is 4.90 Å². The normalized spacial score (nSPS) is 36.2. The van der Waals surface area contributed by atoms with Crippen LogP contribution >= 0.6 is 0 Å². The Hall–Kier alpha value is -0.120. The zero-order valence-corrected chi connectivity index (χ0v) is 12.3. The molecule has 3 nitrogen and oxygen atoms in total. The molecule has 106 valence electrons. The first-order valence-electron chi connectivity index (χ1n) is 7.64. The SMILES string of the molecule is CC1CCN(C2(CN)CCOC(C(C)C)C2)CC1. The van der Waals surface area contributed by atoms with Gasteiger partial charge in [0.1, 0.15) is 0 Å². The minimum Gasteiger partial charge on any atom is -0.378 e. The third kappa shape index (κ3) is 2.89. The van der Waals surface area contributed by atoms with Gasteiger partial charge < -0.3 is 10.5 Å². The quantitative estimate of drug-likeness (QED) is 0.839. The van der Waals surface area contributed by atoms with E-state index in [1.54, 1.807) is 0 Å². The first-order chi connectivity index (χ1) is 8.57. The zero-order chi connectivity index (χ0) is 13.2. The molecule has 2 aliphatic heterocycles. The van der Waals surface area contributed by atoms with Crippen molar-refractivity contribution < 1.29 is 4.74 Å². The van der Waals surface area contributed by atoms with Gasteiger partial charge >= 0.3 is 0 Å². The van der Waals surface area contributed by atoms with E-state index >= 15 is 0 Å². The largest absolute Gasteiger partial charge is 0.378 e. The van der Waals surface area contributed by atoms with Crippen LogP contribution in [0.4, 0.5) is 0 Å². The van der Waals surface area contributed by atoms with Crippen molar-refractivity contribution in [2.24, 2.45) is 17.6 Å². The summed E-state index contributed by atoms with van der Waals surface area (Å²) in [6.07, 6.45) is 5.28. The van der Waals surface area contributed by atoms with Gasteiger partial charge in [0, 0.05) is 18.7 Å². The lowest BCUT2D eigenvalue weighted by Gasteiger charge is -2.50. The monoisotopic (exact) mass is 254 g/mol. The van der Waals surface area contributed by atoms with E-state index in [4.69, 9.17) is 10.5 Å². The first-order valence-corrected chi connectivity index (χ1v) is 7.64. The van der Waals surface area contributed by atoms with Gasteiger partial charge in [-0.1, -0.05) is 20.8 Å². The van der Waals surface area contributed by atoms with Crippen LogP contribution in [-0.2, 0) is 4.74 Å². The van der Waals surface area contributed by atoms with Gasteiger partial charge in [0.25, 0.3) is 0 Å². The van der Waals surface area contributed by atoms with Gasteiger partial charge in [0.15, 0.2) is 0 Å². The Morgan fingerprint density at radius 3 is 2.56 bits per heavy atom. The number of likely N-dealkylation sites (tertiary alicyclic amines) is 1. The van der Waals surface area contributed by atoms with E-state index in [9.17, 15) is 0 Å². The number of hydrogen-bond donors (Lipinski definition) is 1. The van der Waals surface area contributed by atoms with Gasteiger partial charge in [-0.3, -0.25) is 4.90 Å². The molecular formula is C15H30N2O. The zero-order valence-electron chi connectivity index (χ0n) is 12.3. The molecule has 18 heavy (non-hydrogen) atoms. The highest BCUT2D eigenvalue weighted by molar-refractivity contribution is 4.98. The summed E-state index contributed by atoms with van der Waals surface area (Å²) in [6.45, 7) is 11.0. The third-order valence-corrected chi connectivity index (χ3v) is 5.06. The number of hydrogen-bond acceptors (Lipinski definition) is 3. The standard InChI is InChI=1S/C15H30N2O/c1-12(2)14-10-15(11-16,6-9-18-14)17-7-4-13(3)5-8-17/h12-14H,4-11,16H2,1-3H3. The third-order valence-electron chi connectivity index (χ3n) is 5.06. The van der Waals surface area contributed by atoms with Crippen LogP contribution in [0, 0.1) is 11.8 Å². The Balaban J connectivity index is 2.05. The summed E-state index contributed by atoms with van der Waals surface area (Å²) >= 11 is 0. The van der Waals surface area contributed by atoms with Gasteiger partial charge in [-0.15, -0.1) is 0 Å². The smallest absolute Gasteiger partial charge is 0.0616 e. The maximum Gasteiger partial charge on any atom is 0.0616 e. The summed E-state index contributed by atoms with van der Waals surface area (Å²) in [7, 11) is 0. The average molecular weight is 254 g/mol. The molecule has 2 N–H and O–H groups in total. The Bertz CT molecular complexity index is 261. The highest BCUT2D eigenvalue weighted by atomic mass is 16.5. The van der Waals surface area contributed by atoms with Crippen molar-refractivity contribution in [2.75, 3.05) is 26.2 Å². The van der Waals surface area contributed by atoms with Crippen LogP contribution in [0.15, 0.2) is 0 Å². The molecule has 0 aliphatic carbocycles. The Kier molecular flexibility index (Phi) is 4.68. The molecule has 2 atom stereocenters. The number of nitrogens with two attached hydrogens (primary N) is 1. The lowest BCUT2D eigenvalue weighted by atomic mass is 9.80. The van der Waals surface area contributed by atoms with Gasteiger partial charge in [-0.2, -0.15) is 0 Å². The van der Waals surface area contributed by atoms with Crippen molar-refractivity contribution in [3.8, 4) is 0 Å². The summed E-state index contributed by atoms with van der Waals surface area (Å²) in [5, 5.41) is 0. The minimum absolute atomic E-state index is 0.216. The molecule has 0 aromatic heterocycles. The molecule has 2 saturated heterocycles. The Morgan fingerprint density at radius 2 is 2.00 bits per heavy atom. The number of ether oxygens (including phenoxy) is 1. The van der Waals surface area contributed by atoms with E-state index in [1.165, 1.54) is 25.9 Å². The molecular weight excluding hydrogens is 224 g/mol. The summed E-state index contributed by atoms with van der Waals surface area (Å²) in [4.78, 5) is 2.67. The fraction of sp³-hybridized carbons (Fsp3) is 1.00. The van der Waals surface area contributed by atoms with E-state index in [-0.39, 0.29) is 5.54 Å². The fourth-order valence-electron chi connectivity index (χ4n) is 3.45. The maximum atomic E-state index is 6.17. The molecule has 2 heterocycles. The van der Waals surface area contributed by atoms with Crippen LogP contribution in [0.25, 0.3) is 0 Å². The predicted octanol–water partition coefficient (Wildman–Crippen LogP) is 2.25. The van der Waals surface area contributed by atoms with Crippen molar-refractivity contribution in [3.05, 3.63) is 0 Å². The van der Waals surface area contributed by atoms with Crippen molar-refractivity contribution in [1.29, 1.82) is 0 Å². The molecule has 2 aliphatic rings. The van der Waals surface area contributed by atoms with Crippen LogP contribution in [0.5, 0.6) is 0 Å². The fourth-order valence-corrected chi connectivity index (χ4v) is 3.45. The summed E-state index contributed by atoms with van der Waals surface area (Å²) < 4.78 is 5.93. The number of nitrogens with zero attached hydrogens (tertiary/aromatic N) is 1. The second-order valence-corrected chi connectivity index (χ2v) is 6.71. The molecule has 0 aromatic rings. The molecule has 0 spiro atoms. The Labute approximate surface area is 112 Å². The molecule has 2 fully saturated rings. The second kappa shape index (κ2) is 5.89. The lowest BCUT2D eigenvalue weighted by Crippen LogP contribution is -2.60. The molecule has 2 unspecified atom stereocenters. The van der Waals surface area contributed by atoms with E-state index in [1.807, 2.05) is 0 Å². The van der Waals surface area contributed by atoms with Gasteiger partial charge in [0.2, 0.25) is 0 Å². The number of piperidine rings is 1. The summed E-state index contributed by atoms with van der Waals surface area (Å²) in [5.41, 5.74) is 6.38. The lowest BCUT2D eigenvalue weighted by molar-refractivity contribution is -0.0936. The molecule has 0 bridgehead atoms. The minimum atomic E-state index is 0.216. The van der Waals surface area contributed by atoms with E-state index in [0.717, 1.165) is 31.9 Å². The van der Waals surface area contributed by atoms with Crippen LogP contribution in [-0.4, -0.2) is 42.8 Å². The van der Waals surface area contributed by atoms with Gasteiger partial charge in [-0.25, -0.2) is 0 Å². The van der Waals surface area contributed by atoms with Crippen LogP contribution in [0.3, 0.4) is 0 Å². The molecule has 3 heteroatoms. The van der Waals surface area contributed by atoms with Gasteiger partial charge in [0.05, 0.1) is 6.10 Å². The predicted molar refractivity (Wildman–Crippen MR) is 75.6 cm³/mol. The molecule has 2 rings (SSSR count). The van der Waals surface area contributed by atoms with E-state index < -0.39 is 0 Å². The Morgan fingerprint density at radius 1 is 1.33 bits per heavy atom. The summed E-state index contributed by atoms with van der Waals surface area (Å²) in [5.74, 6) is 1.48. The van der Waals surface area contributed by atoms with Crippen LogP contribution in [0.1, 0.15) is 46.5 Å². The molecule has 0 saturated carbocycles. The highest BCUT2D eigenvalue weighted by Gasteiger charge is 2.42. The van der Waals surface area contributed by atoms with E-state index in [2.05, 4.69) is 25.7 Å². The summed E-state index contributed by atoms with van der Waals surface area (Å²) in [6, 6.07) is 0. The van der Waals surface area contributed by atoms with Crippen LogP contribution < -0.4 is 5.73 Å². The van der Waals surface area contributed by atoms with Crippen molar-refractivity contribution in [2.45, 2.75) is 58.1 Å². The molecule has 0 aromatic carbocycles. The van der Waals surface area contributed by atoms with Crippen molar-refractivity contribution >= 4 is 0 Å². The number of rotatable bonds is 3.